The van der Waals surface area contributed by atoms with Crippen LogP contribution in [0, 0.1) is 5.41 Å². The molecular formula is C14H28N2S. The average molecular weight is 256 g/mol. The molecule has 100 valence electrons. The number of piperidine rings is 1. The van der Waals surface area contributed by atoms with Crippen LogP contribution in [0.4, 0.5) is 0 Å². The van der Waals surface area contributed by atoms with Crippen LogP contribution >= 0.6 is 12.6 Å². The van der Waals surface area contributed by atoms with Crippen molar-refractivity contribution in [3.8, 4) is 0 Å². The summed E-state index contributed by atoms with van der Waals surface area (Å²) in [5.74, 6) is 1.08. The van der Waals surface area contributed by atoms with E-state index in [1.54, 1.807) is 0 Å². The summed E-state index contributed by atoms with van der Waals surface area (Å²) in [6.07, 6.45) is 8.35. The molecule has 1 aliphatic carbocycles. The predicted octanol–water partition coefficient (Wildman–Crippen LogP) is 2.50. The Bertz CT molecular complexity index is 228. The van der Waals surface area contributed by atoms with Gasteiger partial charge in [-0.3, -0.25) is 0 Å². The van der Waals surface area contributed by atoms with Gasteiger partial charge in [0.05, 0.1) is 0 Å². The summed E-state index contributed by atoms with van der Waals surface area (Å²) in [4.78, 5) is 5.09. The third-order valence-corrected chi connectivity index (χ3v) is 5.52. The maximum atomic E-state index is 4.62. The first kappa shape index (κ1) is 13.7. The Balaban J connectivity index is 1.81. The van der Waals surface area contributed by atoms with Gasteiger partial charge in [0, 0.05) is 12.6 Å². The van der Waals surface area contributed by atoms with Crippen molar-refractivity contribution in [2.45, 2.75) is 44.6 Å². The van der Waals surface area contributed by atoms with Gasteiger partial charge in [0.1, 0.15) is 0 Å². The first-order valence-electron chi connectivity index (χ1n) is 7.15. The fourth-order valence-electron chi connectivity index (χ4n) is 3.56. The van der Waals surface area contributed by atoms with E-state index in [1.165, 1.54) is 58.2 Å². The summed E-state index contributed by atoms with van der Waals surface area (Å²) < 4.78 is 0. The summed E-state index contributed by atoms with van der Waals surface area (Å²) in [7, 11) is 4.43. The second-order valence-electron chi connectivity index (χ2n) is 6.34. The van der Waals surface area contributed by atoms with Crippen LogP contribution in [-0.2, 0) is 0 Å². The van der Waals surface area contributed by atoms with Crippen molar-refractivity contribution >= 4 is 12.6 Å². The summed E-state index contributed by atoms with van der Waals surface area (Å²) in [5, 5.41) is 0. The fraction of sp³-hybridized carbons (Fsp3) is 1.00. The van der Waals surface area contributed by atoms with E-state index in [-0.39, 0.29) is 0 Å². The van der Waals surface area contributed by atoms with Gasteiger partial charge in [-0.2, -0.15) is 12.6 Å². The highest BCUT2D eigenvalue weighted by Gasteiger charge is 2.35. The Hall–Kier alpha value is 0.270. The van der Waals surface area contributed by atoms with Crippen LogP contribution in [0.1, 0.15) is 38.5 Å². The van der Waals surface area contributed by atoms with Gasteiger partial charge in [0.2, 0.25) is 0 Å². The Morgan fingerprint density at radius 1 is 1.18 bits per heavy atom. The molecule has 0 aromatic rings. The molecular weight excluding hydrogens is 228 g/mol. The molecule has 2 rings (SSSR count). The molecule has 3 heteroatoms. The Morgan fingerprint density at radius 2 is 1.76 bits per heavy atom. The Kier molecular flexibility index (Phi) is 4.79. The van der Waals surface area contributed by atoms with E-state index in [0.29, 0.717) is 5.41 Å². The van der Waals surface area contributed by atoms with E-state index in [1.807, 2.05) is 0 Å². The normalized spacial score (nSPS) is 26.8. The number of hydrogen-bond acceptors (Lipinski definition) is 3. The minimum absolute atomic E-state index is 0.550. The topological polar surface area (TPSA) is 6.48 Å². The lowest BCUT2D eigenvalue weighted by Crippen LogP contribution is -2.46. The van der Waals surface area contributed by atoms with Gasteiger partial charge < -0.3 is 9.80 Å². The number of thiol groups is 1. The molecule has 0 atom stereocenters. The van der Waals surface area contributed by atoms with Gasteiger partial charge >= 0.3 is 0 Å². The van der Waals surface area contributed by atoms with Crippen molar-refractivity contribution < 1.29 is 0 Å². The van der Waals surface area contributed by atoms with Gasteiger partial charge in [-0.05, 0) is 64.0 Å². The molecule has 17 heavy (non-hydrogen) atoms. The zero-order valence-corrected chi connectivity index (χ0v) is 12.4. The molecule has 1 aliphatic heterocycles. The van der Waals surface area contributed by atoms with Crippen LogP contribution in [0.2, 0.25) is 0 Å². The molecule has 0 aromatic heterocycles. The quantitative estimate of drug-likeness (QED) is 0.772. The van der Waals surface area contributed by atoms with Crippen LogP contribution in [-0.4, -0.2) is 55.3 Å². The standard InChI is InChI=1S/C14H28N2S/c1-15(2)13-5-9-16(10-6-13)11-14(12-17)7-3-4-8-14/h13,17H,3-12H2,1-2H3. The molecule has 2 fully saturated rings. The summed E-state index contributed by atoms with van der Waals surface area (Å²) in [5.41, 5.74) is 0.550. The first-order valence-corrected chi connectivity index (χ1v) is 7.78. The van der Waals surface area contributed by atoms with Crippen molar-refractivity contribution in [3.05, 3.63) is 0 Å². The van der Waals surface area contributed by atoms with Gasteiger partial charge in [-0.1, -0.05) is 12.8 Å². The van der Waals surface area contributed by atoms with E-state index >= 15 is 0 Å². The smallest absolute Gasteiger partial charge is 0.0113 e. The molecule has 0 amide bonds. The SMILES string of the molecule is CN(C)C1CCN(CC2(CS)CCCC2)CC1. The molecule has 0 bridgehead atoms. The highest BCUT2D eigenvalue weighted by molar-refractivity contribution is 7.80. The monoisotopic (exact) mass is 256 g/mol. The van der Waals surface area contributed by atoms with Crippen LogP contribution in [0.25, 0.3) is 0 Å². The lowest BCUT2D eigenvalue weighted by atomic mass is 9.87. The molecule has 0 radical (unpaired) electrons. The molecule has 1 saturated heterocycles. The predicted molar refractivity (Wildman–Crippen MR) is 77.9 cm³/mol. The molecule has 2 aliphatic rings. The largest absolute Gasteiger partial charge is 0.306 e. The molecule has 1 heterocycles. The second-order valence-corrected chi connectivity index (χ2v) is 6.65. The Morgan fingerprint density at radius 3 is 2.24 bits per heavy atom. The van der Waals surface area contributed by atoms with Crippen LogP contribution in [0.15, 0.2) is 0 Å². The summed E-state index contributed by atoms with van der Waals surface area (Å²) in [6, 6.07) is 0.807. The lowest BCUT2D eigenvalue weighted by molar-refractivity contribution is 0.105. The number of likely N-dealkylation sites (tertiary alicyclic amines) is 1. The lowest BCUT2D eigenvalue weighted by Gasteiger charge is -2.40. The maximum absolute atomic E-state index is 4.62. The highest BCUT2D eigenvalue weighted by Crippen LogP contribution is 2.40. The van der Waals surface area contributed by atoms with E-state index in [4.69, 9.17) is 0 Å². The van der Waals surface area contributed by atoms with Crippen LogP contribution < -0.4 is 0 Å². The molecule has 0 unspecified atom stereocenters. The van der Waals surface area contributed by atoms with Crippen molar-refractivity contribution in [3.63, 3.8) is 0 Å². The van der Waals surface area contributed by atoms with E-state index < -0.39 is 0 Å². The number of rotatable bonds is 4. The molecule has 2 nitrogen and oxygen atoms in total. The van der Waals surface area contributed by atoms with Crippen molar-refractivity contribution in [1.29, 1.82) is 0 Å². The third kappa shape index (κ3) is 3.39. The van der Waals surface area contributed by atoms with Crippen molar-refractivity contribution in [2.75, 3.05) is 39.5 Å². The first-order chi connectivity index (χ1) is 8.15. The highest BCUT2D eigenvalue weighted by atomic mass is 32.1. The van der Waals surface area contributed by atoms with E-state index in [2.05, 4.69) is 36.5 Å². The minimum Gasteiger partial charge on any atom is -0.306 e. The maximum Gasteiger partial charge on any atom is 0.0113 e. The van der Waals surface area contributed by atoms with Gasteiger partial charge in [-0.15, -0.1) is 0 Å². The fourth-order valence-corrected chi connectivity index (χ4v) is 3.98. The van der Waals surface area contributed by atoms with Gasteiger partial charge in [0.15, 0.2) is 0 Å². The summed E-state index contributed by atoms with van der Waals surface area (Å²) >= 11 is 4.62. The third-order valence-electron chi connectivity index (χ3n) is 4.85. The van der Waals surface area contributed by atoms with Gasteiger partial charge in [0.25, 0.3) is 0 Å². The number of hydrogen-bond donors (Lipinski definition) is 1. The van der Waals surface area contributed by atoms with Crippen LogP contribution in [0.5, 0.6) is 0 Å². The van der Waals surface area contributed by atoms with Gasteiger partial charge in [-0.25, -0.2) is 0 Å². The summed E-state index contributed by atoms with van der Waals surface area (Å²) in [6.45, 7) is 3.88. The van der Waals surface area contributed by atoms with Crippen molar-refractivity contribution in [2.24, 2.45) is 5.41 Å². The molecule has 1 saturated carbocycles. The second kappa shape index (κ2) is 5.94. The zero-order chi connectivity index (χ0) is 12.3. The molecule has 0 aromatic carbocycles. The molecule has 0 N–H and O–H groups in total. The Labute approximate surface area is 112 Å². The average Bonchev–Trinajstić information content (AvgIpc) is 2.79. The van der Waals surface area contributed by atoms with Crippen molar-refractivity contribution in [1.82, 2.24) is 9.80 Å². The molecule has 0 spiro atoms. The van der Waals surface area contributed by atoms with E-state index in [9.17, 15) is 0 Å². The van der Waals surface area contributed by atoms with Crippen LogP contribution in [0.3, 0.4) is 0 Å². The zero-order valence-electron chi connectivity index (χ0n) is 11.5. The number of nitrogens with zero attached hydrogens (tertiary/aromatic N) is 2. The van der Waals surface area contributed by atoms with E-state index in [0.717, 1.165) is 11.8 Å². The minimum atomic E-state index is 0.550.